The molecule has 0 radical (unpaired) electrons. The van der Waals surface area contributed by atoms with E-state index in [1.807, 2.05) is 43.3 Å². The Balaban J connectivity index is 1.50. The molecule has 2 amide bonds. The first-order valence-corrected chi connectivity index (χ1v) is 10.3. The van der Waals surface area contributed by atoms with E-state index in [2.05, 4.69) is 15.6 Å². The number of carbonyl (C=O) groups is 2. The first-order chi connectivity index (χ1) is 14.9. The molecular weight excluding hydrogens is 414 g/mol. The summed E-state index contributed by atoms with van der Waals surface area (Å²) in [6, 6.07) is 16.9. The SMILES string of the molecule is CC(NC(=O)c1ccc(Cl)cc1)C(=O)NC(C)c1ccc(OCc2cccnc2)cc1. The third-order valence-corrected chi connectivity index (χ3v) is 4.97. The zero-order chi connectivity index (χ0) is 22.2. The van der Waals surface area contributed by atoms with Gasteiger partial charge in [-0.3, -0.25) is 14.6 Å². The lowest BCUT2D eigenvalue weighted by molar-refractivity contribution is -0.123. The van der Waals surface area contributed by atoms with Gasteiger partial charge in [0.25, 0.3) is 5.91 Å². The van der Waals surface area contributed by atoms with Crippen molar-refractivity contribution >= 4 is 23.4 Å². The van der Waals surface area contributed by atoms with Crippen molar-refractivity contribution in [3.8, 4) is 5.75 Å². The summed E-state index contributed by atoms with van der Waals surface area (Å²) in [6.07, 6.45) is 3.48. The molecule has 1 aromatic heterocycles. The fourth-order valence-electron chi connectivity index (χ4n) is 2.87. The molecule has 3 aromatic rings. The van der Waals surface area contributed by atoms with Crippen LogP contribution in [0.25, 0.3) is 0 Å². The van der Waals surface area contributed by atoms with E-state index in [9.17, 15) is 9.59 Å². The summed E-state index contributed by atoms with van der Waals surface area (Å²) >= 11 is 5.84. The lowest BCUT2D eigenvalue weighted by atomic mass is 10.1. The van der Waals surface area contributed by atoms with E-state index in [1.165, 1.54) is 0 Å². The van der Waals surface area contributed by atoms with Crippen LogP contribution in [-0.2, 0) is 11.4 Å². The number of pyridine rings is 1. The van der Waals surface area contributed by atoms with Gasteiger partial charge in [-0.15, -0.1) is 0 Å². The van der Waals surface area contributed by atoms with Crippen LogP contribution in [0.1, 0.15) is 41.4 Å². The van der Waals surface area contributed by atoms with E-state index in [0.29, 0.717) is 17.2 Å². The maximum atomic E-state index is 12.5. The highest BCUT2D eigenvalue weighted by Gasteiger charge is 2.19. The summed E-state index contributed by atoms with van der Waals surface area (Å²) in [4.78, 5) is 28.8. The molecular formula is C24H24ClN3O3. The van der Waals surface area contributed by atoms with Gasteiger partial charge in [-0.25, -0.2) is 0 Å². The second kappa shape index (κ2) is 10.6. The number of rotatable bonds is 8. The topological polar surface area (TPSA) is 80.3 Å². The molecule has 0 saturated carbocycles. The highest BCUT2D eigenvalue weighted by atomic mass is 35.5. The first kappa shape index (κ1) is 22.3. The molecule has 2 atom stereocenters. The molecule has 6 nitrogen and oxygen atoms in total. The molecule has 31 heavy (non-hydrogen) atoms. The molecule has 2 aromatic carbocycles. The van der Waals surface area contributed by atoms with Gasteiger partial charge < -0.3 is 15.4 Å². The minimum Gasteiger partial charge on any atom is -0.489 e. The van der Waals surface area contributed by atoms with E-state index < -0.39 is 6.04 Å². The van der Waals surface area contributed by atoms with Crippen molar-refractivity contribution in [1.82, 2.24) is 15.6 Å². The molecule has 0 saturated heterocycles. The van der Waals surface area contributed by atoms with Crippen LogP contribution in [-0.4, -0.2) is 22.8 Å². The number of nitrogens with zero attached hydrogens (tertiary/aromatic N) is 1. The van der Waals surface area contributed by atoms with Gasteiger partial charge in [-0.2, -0.15) is 0 Å². The first-order valence-electron chi connectivity index (χ1n) is 9.91. The van der Waals surface area contributed by atoms with Gasteiger partial charge in [-0.1, -0.05) is 29.8 Å². The van der Waals surface area contributed by atoms with Gasteiger partial charge in [0.15, 0.2) is 0 Å². The maximum absolute atomic E-state index is 12.5. The second-order valence-electron chi connectivity index (χ2n) is 7.15. The number of ether oxygens (including phenoxy) is 1. The molecule has 2 N–H and O–H groups in total. The van der Waals surface area contributed by atoms with Crippen molar-refractivity contribution in [3.63, 3.8) is 0 Å². The summed E-state index contributed by atoms with van der Waals surface area (Å²) in [5, 5.41) is 6.16. The molecule has 2 unspecified atom stereocenters. The van der Waals surface area contributed by atoms with E-state index in [4.69, 9.17) is 16.3 Å². The van der Waals surface area contributed by atoms with Crippen LogP contribution in [0.2, 0.25) is 5.02 Å². The largest absolute Gasteiger partial charge is 0.489 e. The molecule has 0 aliphatic carbocycles. The predicted molar refractivity (Wildman–Crippen MR) is 120 cm³/mol. The van der Waals surface area contributed by atoms with Gasteiger partial charge in [0.1, 0.15) is 18.4 Å². The third kappa shape index (κ3) is 6.55. The van der Waals surface area contributed by atoms with Crippen molar-refractivity contribution in [3.05, 3.63) is 94.8 Å². The molecule has 0 aliphatic heterocycles. The number of halogens is 1. The molecule has 0 bridgehead atoms. The Bertz CT molecular complexity index is 1010. The van der Waals surface area contributed by atoms with Crippen LogP contribution in [0.5, 0.6) is 5.75 Å². The number of nitrogens with one attached hydrogen (secondary N) is 2. The Morgan fingerprint density at radius 3 is 2.35 bits per heavy atom. The van der Waals surface area contributed by atoms with Gasteiger partial charge >= 0.3 is 0 Å². The Morgan fingerprint density at radius 2 is 1.71 bits per heavy atom. The van der Waals surface area contributed by atoms with Crippen molar-refractivity contribution in [2.75, 3.05) is 0 Å². The zero-order valence-corrected chi connectivity index (χ0v) is 18.1. The Kier molecular flexibility index (Phi) is 7.62. The van der Waals surface area contributed by atoms with E-state index in [1.54, 1.807) is 43.6 Å². The van der Waals surface area contributed by atoms with Crippen LogP contribution in [0.3, 0.4) is 0 Å². The van der Waals surface area contributed by atoms with Crippen molar-refractivity contribution in [1.29, 1.82) is 0 Å². The normalized spacial score (nSPS) is 12.5. The highest BCUT2D eigenvalue weighted by molar-refractivity contribution is 6.30. The number of hydrogen-bond donors (Lipinski definition) is 2. The molecule has 0 aliphatic rings. The summed E-state index contributed by atoms with van der Waals surface area (Å²) in [7, 11) is 0. The third-order valence-electron chi connectivity index (χ3n) is 4.71. The lowest BCUT2D eigenvalue weighted by Gasteiger charge is -2.19. The van der Waals surface area contributed by atoms with Gasteiger partial charge in [0.05, 0.1) is 6.04 Å². The number of carbonyl (C=O) groups excluding carboxylic acids is 2. The van der Waals surface area contributed by atoms with Crippen LogP contribution in [0.15, 0.2) is 73.1 Å². The Labute approximate surface area is 186 Å². The monoisotopic (exact) mass is 437 g/mol. The molecule has 3 rings (SSSR count). The van der Waals surface area contributed by atoms with Crippen molar-refractivity contribution in [2.45, 2.75) is 32.5 Å². The maximum Gasteiger partial charge on any atom is 0.251 e. The average Bonchev–Trinajstić information content (AvgIpc) is 2.79. The standard InChI is InChI=1S/C24H24ClN3O3/c1-16(19-7-11-22(12-8-19)31-15-18-4-3-13-26-14-18)27-23(29)17(2)28-24(30)20-5-9-21(25)10-6-20/h3-14,16-17H,15H2,1-2H3,(H,27,29)(H,28,30). The summed E-state index contributed by atoms with van der Waals surface area (Å²) in [5.41, 5.74) is 2.36. The van der Waals surface area contributed by atoms with Gasteiger partial charge in [0.2, 0.25) is 5.91 Å². The summed E-state index contributed by atoms with van der Waals surface area (Å²) < 4.78 is 5.76. The molecule has 0 spiro atoms. The van der Waals surface area contributed by atoms with Crippen molar-refractivity contribution in [2.24, 2.45) is 0 Å². The average molecular weight is 438 g/mol. The highest BCUT2D eigenvalue weighted by Crippen LogP contribution is 2.19. The Morgan fingerprint density at radius 1 is 1.00 bits per heavy atom. The number of amides is 2. The van der Waals surface area contributed by atoms with Crippen molar-refractivity contribution < 1.29 is 14.3 Å². The second-order valence-corrected chi connectivity index (χ2v) is 7.59. The van der Waals surface area contributed by atoms with Crippen LogP contribution in [0.4, 0.5) is 0 Å². The molecule has 7 heteroatoms. The van der Waals surface area contributed by atoms with E-state index >= 15 is 0 Å². The fourth-order valence-corrected chi connectivity index (χ4v) is 3.00. The zero-order valence-electron chi connectivity index (χ0n) is 17.3. The number of aromatic nitrogens is 1. The minimum atomic E-state index is -0.687. The summed E-state index contributed by atoms with van der Waals surface area (Å²) in [6.45, 7) is 3.96. The van der Waals surface area contributed by atoms with E-state index in [0.717, 1.165) is 16.9 Å². The van der Waals surface area contributed by atoms with Crippen LogP contribution < -0.4 is 15.4 Å². The van der Waals surface area contributed by atoms with Crippen LogP contribution in [0, 0.1) is 0 Å². The minimum absolute atomic E-state index is 0.227. The lowest BCUT2D eigenvalue weighted by Crippen LogP contribution is -2.45. The smallest absolute Gasteiger partial charge is 0.251 e. The number of hydrogen-bond acceptors (Lipinski definition) is 4. The van der Waals surface area contributed by atoms with Gasteiger partial charge in [0, 0.05) is 28.5 Å². The fraction of sp³-hybridized carbons (Fsp3) is 0.208. The molecule has 0 fully saturated rings. The van der Waals surface area contributed by atoms with Gasteiger partial charge in [-0.05, 0) is 61.9 Å². The quantitative estimate of drug-likeness (QED) is 0.550. The predicted octanol–water partition coefficient (Wildman–Crippen LogP) is 4.31. The molecule has 1 heterocycles. The summed E-state index contributed by atoms with van der Waals surface area (Å²) in [5.74, 6) is 0.128. The number of benzene rings is 2. The van der Waals surface area contributed by atoms with Crippen LogP contribution >= 0.6 is 11.6 Å². The van der Waals surface area contributed by atoms with E-state index in [-0.39, 0.29) is 17.9 Å². The Hall–Kier alpha value is -3.38. The molecule has 160 valence electrons.